The molecule has 2 rings (SSSR count). The minimum atomic E-state index is 0.0899. The third-order valence-corrected chi connectivity index (χ3v) is 3.74. The summed E-state index contributed by atoms with van der Waals surface area (Å²) < 4.78 is 1.72. The average molecular weight is 315 g/mol. The van der Waals surface area contributed by atoms with Crippen LogP contribution in [-0.2, 0) is 20.1 Å². The highest BCUT2D eigenvalue weighted by molar-refractivity contribution is 6.42. The van der Waals surface area contributed by atoms with Crippen LogP contribution in [0.15, 0.2) is 24.4 Å². The van der Waals surface area contributed by atoms with Crippen molar-refractivity contribution in [2.24, 2.45) is 7.05 Å². The molecule has 1 aromatic heterocycles. The van der Waals surface area contributed by atoms with Gasteiger partial charge in [-0.25, -0.2) is 0 Å². The summed E-state index contributed by atoms with van der Waals surface area (Å²) in [6.07, 6.45) is 1.72. The van der Waals surface area contributed by atoms with E-state index in [2.05, 4.69) is 15.2 Å². The molecule has 0 bridgehead atoms. The summed E-state index contributed by atoms with van der Waals surface area (Å²) in [5, 5.41) is 18.0. The normalized spacial score (nSPS) is 11.2. The first kappa shape index (κ1) is 15.3. The number of aromatic nitrogens is 3. The molecule has 0 unspecified atom stereocenters. The molecule has 0 spiro atoms. The molecule has 7 heteroatoms. The standard InChI is InChI=1S/C13H16Cl2N4O/c1-18-11(7-16-17-18)9-19(4-5-20)8-10-2-3-12(14)13(15)6-10/h2-3,6-7,20H,4-5,8-9H2,1H3. The molecule has 20 heavy (non-hydrogen) atoms. The molecule has 1 heterocycles. The van der Waals surface area contributed by atoms with Crippen molar-refractivity contribution in [3.63, 3.8) is 0 Å². The monoisotopic (exact) mass is 314 g/mol. The second kappa shape index (κ2) is 7.04. The number of aliphatic hydroxyl groups is 1. The van der Waals surface area contributed by atoms with Gasteiger partial charge < -0.3 is 5.11 Å². The molecule has 2 aromatic rings. The first-order valence-electron chi connectivity index (χ1n) is 6.21. The minimum Gasteiger partial charge on any atom is -0.395 e. The predicted molar refractivity (Wildman–Crippen MR) is 78.7 cm³/mol. The van der Waals surface area contributed by atoms with E-state index in [-0.39, 0.29) is 6.61 Å². The highest BCUT2D eigenvalue weighted by Crippen LogP contribution is 2.23. The molecule has 0 fully saturated rings. The van der Waals surface area contributed by atoms with Gasteiger partial charge in [-0.1, -0.05) is 34.5 Å². The number of halogens is 2. The van der Waals surface area contributed by atoms with Crippen molar-refractivity contribution in [3.05, 3.63) is 45.7 Å². The van der Waals surface area contributed by atoms with E-state index in [4.69, 9.17) is 23.2 Å². The van der Waals surface area contributed by atoms with E-state index >= 15 is 0 Å². The minimum absolute atomic E-state index is 0.0899. The number of benzene rings is 1. The van der Waals surface area contributed by atoms with Gasteiger partial charge in [-0.3, -0.25) is 9.58 Å². The molecule has 0 amide bonds. The van der Waals surface area contributed by atoms with E-state index in [1.807, 2.05) is 19.2 Å². The van der Waals surface area contributed by atoms with Crippen molar-refractivity contribution < 1.29 is 5.11 Å². The number of hydrogen-bond acceptors (Lipinski definition) is 4. The lowest BCUT2D eigenvalue weighted by molar-refractivity contribution is 0.181. The van der Waals surface area contributed by atoms with Crippen LogP contribution in [0.3, 0.4) is 0 Å². The van der Waals surface area contributed by atoms with Gasteiger partial charge in [0.15, 0.2) is 0 Å². The number of aryl methyl sites for hydroxylation is 1. The van der Waals surface area contributed by atoms with Crippen LogP contribution >= 0.6 is 23.2 Å². The maximum atomic E-state index is 9.18. The largest absolute Gasteiger partial charge is 0.395 e. The van der Waals surface area contributed by atoms with Crippen LogP contribution in [0.25, 0.3) is 0 Å². The SMILES string of the molecule is Cn1nncc1CN(CCO)Cc1ccc(Cl)c(Cl)c1. The maximum Gasteiger partial charge on any atom is 0.0738 e. The maximum absolute atomic E-state index is 9.18. The first-order valence-corrected chi connectivity index (χ1v) is 6.96. The number of hydrogen-bond donors (Lipinski definition) is 1. The topological polar surface area (TPSA) is 54.2 Å². The predicted octanol–water partition coefficient (Wildman–Crippen LogP) is 2.12. The summed E-state index contributed by atoms with van der Waals surface area (Å²) in [6, 6.07) is 5.55. The molecule has 0 aliphatic heterocycles. The molecular weight excluding hydrogens is 299 g/mol. The molecule has 1 aromatic carbocycles. The van der Waals surface area contributed by atoms with E-state index in [0.717, 1.165) is 11.3 Å². The van der Waals surface area contributed by atoms with Gasteiger partial charge in [0.1, 0.15) is 0 Å². The molecule has 108 valence electrons. The van der Waals surface area contributed by atoms with Crippen LogP contribution in [0, 0.1) is 0 Å². The number of rotatable bonds is 6. The van der Waals surface area contributed by atoms with E-state index in [1.165, 1.54) is 0 Å². The second-order valence-electron chi connectivity index (χ2n) is 4.53. The Balaban J connectivity index is 2.08. The lowest BCUT2D eigenvalue weighted by atomic mass is 10.2. The van der Waals surface area contributed by atoms with Crippen molar-refractivity contribution in [1.29, 1.82) is 0 Å². The fourth-order valence-corrected chi connectivity index (χ4v) is 2.26. The zero-order valence-electron chi connectivity index (χ0n) is 11.1. The number of aliphatic hydroxyl groups excluding tert-OH is 1. The van der Waals surface area contributed by atoms with Gasteiger partial charge in [0, 0.05) is 26.7 Å². The van der Waals surface area contributed by atoms with Crippen LogP contribution in [0.5, 0.6) is 0 Å². The van der Waals surface area contributed by atoms with Crippen molar-refractivity contribution in [3.8, 4) is 0 Å². The molecule has 5 nitrogen and oxygen atoms in total. The Bertz CT molecular complexity index is 573. The van der Waals surface area contributed by atoms with Crippen LogP contribution in [0.2, 0.25) is 10.0 Å². The first-order chi connectivity index (χ1) is 9.60. The summed E-state index contributed by atoms with van der Waals surface area (Å²) in [7, 11) is 1.85. The van der Waals surface area contributed by atoms with Crippen molar-refractivity contribution in [2.75, 3.05) is 13.2 Å². The smallest absolute Gasteiger partial charge is 0.0738 e. The summed E-state index contributed by atoms with van der Waals surface area (Å²) in [4.78, 5) is 2.10. The Labute approximate surface area is 127 Å². The summed E-state index contributed by atoms with van der Waals surface area (Å²) in [5.74, 6) is 0. The van der Waals surface area contributed by atoms with Crippen LogP contribution in [0.4, 0.5) is 0 Å². The average Bonchev–Trinajstić information content (AvgIpc) is 2.80. The highest BCUT2D eigenvalue weighted by atomic mass is 35.5. The molecule has 0 saturated heterocycles. The molecule has 0 atom stereocenters. The van der Waals surface area contributed by atoms with Gasteiger partial charge >= 0.3 is 0 Å². The third-order valence-electron chi connectivity index (χ3n) is 3.00. The van der Waals surface area contributed by atoms with Gasteiger partial charge in [0.2, 0.25) is 0 Å². The molecule has 1 N–H and O–H groups in total. The Morgan fingerprint density at radius 3 is 2.65 bits per heavy atom. The Hall–Kier alpha value is -1.14. The zero-order valence-corrected chi connectivity index (χ0v) is 12.6. The van der Waals surface area contributed by atoms with Gasteiger partial charge in [-0.2, -0.15) is 0 Å². The zero-order chi connectivity index (χ0) is 14.5. The van der Waals surface area contributed by atoms with E-state index in [9.17, 15) is 5.11 Å². The van der Waals surface area contributed by atoms with Crippen LogP contribution in [-0.4, -0.2) is 38.2 Å². The van der Waals surface area contributed by atoms with Gasteiger partial charge in [-0.15, -0.1) is 5.10 Å². The number of nitrogens with zero attached hydrogens (tertiary/aromatic N) is 4. The summed E-state index contributed by atoms with van der Waals surface area (Å²) in [5.41, 5.74) is 2.03. The van der Waals surface area contributed by atoms with E-state index < -0.39 is 0 Å². The molecule has 0 radical (unpaired) electrons. The van der Waals surface area contributed by atoms with Gasteiger partial charge in [0.25, 0.3) is 0 Å². The quantitative estimate of drug-likeness (QED) is 0.887. The van der Waals surface area contributed by atoms with E-state index in [1.54, 1.807) is 16.9 Å². The van der Waals surface area contributed by atoms with Crippen LogP contribution in [0.1, 0.15) is 11.3 Å². The second-order valence-corrected chi connectivity index (χ2v) is 5.35. The molecule has 0 saturated carbocycles. The van der Waals surface area contributed by atoms with Crippen LogP contribution < -0.4 is 0 Å². The Morgan fingerprint density at radius 2 is 2.05 bits per heavy atom. The summed E-state index contributed by atoms with van der Waals surface area (Å²) >= 11 is 11.9. The fourth-order valence-electron chi connectivity index (χ4n) is 1.93. The highest BCUT2D eigenvalue weighted by Gasteiger charge is 2.10. The van der Waals surface area contributed by atoms with Crippen molar-refractivity contribution in [1.82, 2.24) is 19.9 Å². The van der Waals surface area contributed by atoms with Crippen molar-refractivity contribution in [2.45, 2.75) is 13.1 Å². The van der Waals surface area contributed by atoms with Crippen molar-refractivity contribution >= 4 is 23.2 Å². The Kier molecular flexibility index (Phi) is 5.37. The van der Waals surface area contributed by atoms with Gasteiger partial charge in [-0.05, 0) is 17.7 Å². The lowest BCUT2D eigenvalue weighted by Crippen LogP contribution is -2.27. The Morgan fingerprint density at radius 1 is 1.25 bits per heavy atom. The third kappa shape index (κ3) is 3.93. The molecular formula is C13H16Cl2N4O. The van der Waals surface area contributed by atoms with Gasteiger partial charge in [0.05, 0.1) is 28.5 Å². The lowest BCUT2D eigenvalue weighted by Gasteiger charge is -2.21. The molecule has 0 aliphatic rings. The summed E-state index contributed by atoms with van der Waals surface area (Å²) in [6.45, 7) is 1.98. The fraction of sp³-hybridized carbons (Fsp3) is 0.385. The van der Waals surface area contributed by atoms with E-state index in [0.29, 0.717) is 29.7 Å². The molecule has 0 aliphatic carbocycles.